The number of amides is 1. The average Bonchev–Trinajstić information content (AvgIpc) is 2.89. The highest BCUT2D eigenvalue weighted by Crippen LogP contribution is 2.62. The smallest absolute Gasteiger partial charge is 0.415 e. The van der Waals surface area contributed by atoms with Gasteiger partial charge in [-0.3, -0.25) is 0 Å². The van der Waals surface area contributed by atoms with Gasteiger partial charge in [0.25, 0.3) is 6.02 Å². The monoisotopic (exact) mass is 389 g/mol. The van der Waals surface area contributed by atoms with Gasteiger partial charge in [-0.25, -0.2) is 14.7 Å². The maximum atomic E-state index is 12.0. The van der Waals surface area contributed by atoms with Crippen LogP contribution in [0.4, 0.5) is 10.5 Å². The number of carbonyl (C=O) groups is 1. The number of aliphatic imine (C=N–C) groups is 1. The van der Waals surface area contributed by atoms with Crippen molar-refractivity contribution in [3.8, 4) is 5.75 Å². The molecule has 1 aromatic rings. The van der Waals surface area contributed by atoms with E-state index in [-0.39, 0.29) is 12.6 Å². The normalized spacial score (nSPS) is 26.7. The van der Waals surface area contributed by atoms with E-state index >= 15 is 0 Å². The lowest BCUT2D eigenvalue weighted by Gasteiger charge is -2.61. The number of anilines is 1. The number of nitrogens with zero attached hydrogens (tertiary/aromatic N) is 2. The first-order valence-corrected chi connectivity index (χ1v) is 9.36. The lowest BCUT2D eigenvalue weighted by Crippen LogP contribution is -2.71. The summed E-state index contributed by atoms with van der Waals surface area (Å²) < 4.78 is 17.9. The van der Waals surface area contributed by atoms with E-state index in [1.165, 1.54) is 4.90 Å². The maximum Gasteiger partial charge on any atom is 0.415 e. The molecule has 1 amide bonds. The predicted molar refractivity (Wildman–Crippen MR) is 103 cm³/mol. The Balaban J connectivity index is 1.95. The fourth-order valence-corrected chi connectivity index (χ4v) is 4.53. The summed E-state index contributed by atoms with van der Waals surface area (Å²) in [5.41, 5.74) is 4.84. The third-order valence-corrected chi connectivity index (χ3v) is 6.21. The second-order valence-corrected chi connectivity index (χ2v) is 9.28. The summed E-state index contributed by atoms with van der Waals surface area (Å²) in [6, 6.07) is 5.57. The number of benzene rings is 1. The van der Waals surface area contributed by atoms with Crippen molar-refractivity contribution < 1.29 is 24.1 Å². The highest BCUT2D eigenvalue weighted by molar-refractivity contribution is 5.92. The predicted octanol–water partition coefficient (Wildman–Crippen LogP) is 2.82. The van der Waals surface area contributed by atoms with Gasteiger partial charge in [-0.2, -0.15) is 0 Å². The first-order chi connectivity index (χ1) is 12.9. The molecule has 3 N–H and O–H groups in total. The van der Waals surface area contributed by atoms with E-state index in [0.29, 0.717) is 24.7 Å². The number of fused-ring (bicyclic) bond motifs is 3. The molecule has 0 unspecified atom stereocenters. The van der Waals surface area contributed by atoms with E-state index in [2.05, 4.69) is 0 Å². The number of hydrogen-bond donors (Lipinski definition) is 2. The lowest BCUT2D eigenvalue weighted by atomic mass is 9.55. The first-order valence-electron chi connectivity index (χ1n) is 9.36. The van der Waals surface area contributed by atoms with Crippen LogP contribution in [0, 0.1) is 5.41 Å². The summed E-state index contributed by atoms with van der Waals surface area (Å²) in [5.74, 6) is 0.683. The average molecular weight is 389 g/mol. The molecule has 152 valence electrons. The number of nitrogens with two attached hydrogens (primary N) is 1. The summed E-state index contributed by atoms with van der Waals surface area (Å²) in [4.78, 5) is 18.1. The van der Waals surface area contributed by atoms with Crippen LogP contribution in [-0.2, 0) is 15.0 Å². The second kappa shape index (κ2) is 5.53. The third-order valence-electron chi connectivity index (χ3n) is 6.21. The Morgan fingerprint density at radius 1 is 1.25 bits per heavy atom. The van der Waals surface area contributed by atoms with Crippen molar-refractivity contribution >= 4 is 17.8 Å². The molecule has 0 saturated carbocycles. The highest BCUT2D eigenvalue weighted by Gasteiger charge is 2.71. The zero-order valence-electron chi connectivity index (χ0n) is 16.9. The fraction of sp³-hybridized carbons (Fsp3) is 0.600. The molecular formula is C20H27N3O5. The van der Waals surface area contributed by atoms with Crippen LogP contribution in [0.15, 0.2) is 23.2 Å². The van der Waals surface area contributed by atoms with E-state index in [0.717, 1.165) is 5.56 Å². The van der Waals surface area contributed by atoms with Crippen LogP contribution < -0.4 is 10.5 Å². The van der Waals surface area contributed by atoms with Crippen molar-refractivity contribution in [3.63, 3.8) is 0 Å². The molecule has 8 nitrogen and oxygen atoms in total. The minimum atomic E-state index is -1.11. The van der Waals surface area contributed by atoms with Gasteiger partial charge in [0.2, 0.25) is 0 Å². The summed E-state index contributed by atoms with van der Waals surface area (Å²) >= 11 is 0. The maximum absolute atomic E-state index is 12.0. The van der Waals surface area contributed by atoms with Crippen LogP contribution in [0.2, 0.25) is 0 Å². The van der Waals surface area contributed by atoms with E-state index in [4.69, 9.17) is 24.9 Å². The molecule has 2 spiro atoms. The number of rotatable bonds is 0. The number of carboxylic acid groups (broad SMARTS) is 1. The third kappa shape index (κ3) is 2.27. The number of amidine groups is 1. The number of nitrogen functional groups attached to an aromatic ring is 1. The van der Waals surface area contributed by atoms with E-state index in [1.807, 2.05) is 26.0 Å². The largest absolute Gasteiger partial charge is 0.487 e. The molecule has 0 radical (unpaired) electrons. The number of ether oxygens (including phenoxy) is 3. The molecule has 8 heteroatoms. The van der Waals surface area contributed by atoms with Gasteiger partial charge in [0.1, 0.15) is 23.5 Å². The molecule has 0 bridgehead atoms. The molecule has 3 heterocycles. The molecule has 1 fully saturated rings. The van der Waals surface area contributed by atoms with Crippen molar-refractivity contribution in [1.29, 1.82) is 0 Å². The summed E-state index contributed by atoms with van der Waals surface area (Å²) in [6.07, 6.45) is -1.11. The van der Waals surface area contributed by atoms with Crippen molar-refractivity contribution in [3.05, 3.63) is 23.8 Å². The van der Waals surface area contributed by atoms with Gasteiger partial charge < -0.3 is 25.1 Å². The van der Waals surface area contributed by atoms with Gasteiger partial charge >= 0.3 is 6.09 Å². The van der Waals surface area contributed by atoms with Crippen molar-refractivity contribution in [2.24, 2.45) is 10.4 Å². The Morgan fingerprint density at radius 3 is 2.46 bits per heavy atom. The van der Waals surface area contributed by atoms with Gasteiger partial charge in [0.15, 0.2) is 0 Å². The number of hydrogen-bond acceptors (Lipinski definition) is 6. The van der Waals surface area contributed by atoms with Crippen LogP contribution in [0.3, 0.4) is 0 Å². The Morgan fingerprint density at radius 2 is 1.93 bits per heavy atom. The van der Waals surface area contributed by atoms with E-state index in [9.17, 15) is 9.90 Å². The van der Waals surface area contributed by atoms with Crippen LogP contribution in [0.1, 0.15) is 40.2 Å². The van der Waals surface area contributed by atoms with E-state index < -0.39 is 28.2 Å². The minimum Gasteiger partial charge on any atom is -0.487 e. The van der Waals surface area contributed by atoms with Gasteiger partial charge in [0.05, 0.1) is 18.6 Å². The Kier molecular flexibility index (Phi) is 3.73. The zero-order valence-corrected chi connectivity index (χ0v) is 16.9. The molecule has 1 saturated heterocycles. The van der Waals surface area contributed by atoms with Gasteiger partial charge in [-0.05, 0) is 52.8 Å². The molecule has 1 aromatic carbocycles. The molecule has 28 heavy (non-hydrogen) atoms. The summed E-state index contributed by atoms with van der Waals surface area (Å²) in [6.45, 7) is 10.5. The lowest BCUT2D eigenvalue weighted by molar-refractivity contribution is -0.247. The molecule has 0 aromatic heterocycles. The van der Waals surface area contributed by atoms with Crippen LogP contribution in [0.25, 0.3) is 0 Å². The van der Waals surface area contributed by atoms with E-state index in [1.54, 1.807) is 26.8 Å². The van der Waals surface area contributed by atoms with Gasteiger partial charge in [-0.1, -0.05) is 0 Å². The second-order valence-electron chi connectivity index (χ2n) is 9.28. The molecule has 0 aliphatic carbocycles. The topological polar surface area (TPSA) is 107 Å². The zero-order chi connectivity index (χ0) is 20.5. The van der Waals surface area contributed by atoms with Gasteiger partial charge in [-0.15, -0.1) is 0 Å². The van der Waals surface area contributed by atoms with Crippen molar-refractivity contribution in [2.45, 2.75) is 51.3 Å². The summed E-state index contributed by atoms with van der Waals surface area (Å²) in [5, 5.41) is 9.80. The van der Waals surface area contributed by atoms with Crippen molar-refractivity contribution in [1.82, 2.24) is 4.90 Å². The molecule has 3 aliphatic rings. The van der Waals surface area contributed by atoms with Crippen molar-refractivity contribution in [2.75, 3.05) is 25.6 Å². The molecule has 3 aliphatic heterocycles. The van der Waals surface area contributed by atoms with Crippen LogP contribution >= 0.6 is 0 Å². The van der Waals surface area contributed by atoms with Crippen LogP contribution in [-0.4, -0.2) is 53.1 Å². The standard InChI is InChI=1S/C20H27N3O5/c1-17(2,3)23(16(24)25)15-22-20(11-27-15)13-8-12(21)6-7-14(13)28-18(4,5)19(20)9-26-10-19/h6-8H,9-11,21H2,1-5H3,(H,24,25)/t20-/m0/s1. The minimum absolute atomic E-state index is 0.0948. The Hall–Kier alpha value is -2.48. The summed E-state index contributed by atoms with van der Waals surface area (Å²) in [7, 11) is 0. The molecule has 4 rings (SSSR count). The molecular weight excluding hydrogens is 362 g/mol. The first kappa shape index (κ1) is 18.9. The Labute approximate surface area is 164 Å². The van der Waals surface area contributed by atoms with Gasteiger partial charge in [0, 0.05) is 16.8 Å². The highest BCUT2D eigenvalue weighted by atomic mass is 16.5. The molecule has 1 atom stereocenters. The van der Waals surface area contributed by atoms with Crippen LogP contribution in [0.5, 0.6) is 5.75 Å². The SMILES string of the molecule is CC(C)(C)N(C(=O)O)C1=N[C@@]2(CO1)c1cc(N)ccc1OC(C)(C)C21COC1. The Bertz CT molecular complexity index is 869. The fourth-order valence-electron chi connectivity index (χ4n) is 4.53. The quantitative estimate of drug-likeness (QED) is 0.661.